The van der Waals surface area contributed by atoms with Gasteiger partial charge in [0.05, 0.1) is 6.54 Å². The van der Waals surface area contributed by atoms with E-state index in [1.165, 1.54) is 11.3 Å². The average Bonchev–Trinajstić information content (AvgIpc) is 2.45. The molecule has 0 saturated heterocycles. The summed E-state index contributed by atoms with van der Waals surface area (Å²) in [5, 5.41) is 2.97. The molecular weight excluding hydrogens is 262 g/mol. The molecule has 21 heavy (non-hydrogen) atoms. The molecule has 0 aliphatic heterocycles. The van der Waals surface area contributed by atoms with Crippen LogP contribution in [0.1, 0.15) is 26.3 Å². The SMILES string of the molecule is CCN(CC(=O)NCC(C)C)Cc1ccc(N(C)C)cc1. The lowest BCUT2D eigenvalue weighted by atomic mass is 10.2. The zero-order valence-electron chi connectivity index (χ0n) is 14.0. The Labute approximate surface area is 129 Å². The van der Waals surface area contributed by atoms with Crippen molar-refractivity contribution in [1.29, 1.82) is 0 Å². The molecule has 1 aromatic rings. The molecule has 0 fully saturated rings. The van der Waals surface area contributed by atoms with Crippen molar-refractivity contribution < 1.29 is 4.79 Å². The van der Waals surface area contributed by atoms with Gasteiger partial charge >= 0.3 is 0 Å². The molecule has 1 rings (SSSR count). The largest absolute Gasteiger partial charge is 0.378 e. The minimum absolute atomic E-state index is 0.107. The normalized spacial score (nSPS) is 11.0. The van der Waals surface area contributed by atoms with Crippen molar-refractivity contribution in [3.05, 3.63) is 29.8 Å². The van der Waals surface area contributed by atoms with Crippen LogP contribution in [0.15, 0.2) is 24.3 Å². The molecule has 0 heterocycles. The van der Waals surface area contributed by atoms with Crippen LogP contribution >= 0.6 is 0 Å². The van der Waals surface area contributed by atoms with E-state index in [4.69, 9.17) is 0 Å². The molecule has 1 N–H and O–H groups in total. The van der Waals surface area contributed by atoms with E-state index in [0.29, 0.717) is 12.5 Å². The minimum atomic E-state index is 0.107. The number of amides is 1. The number of anilines is 1. The maximum absolute atomic E-state index is 11.9. The highest BCUT2D eigenvalue weighted by atomic mass is 16.2. The number of likely N-dealkylation sites (N-methyl/N-ethyl adjacent to an activating group) is 1. The maximum Gasteiger partial charge on any atom is 0.234 e. The van der Waals surface area contributed by atoms with Gasteiger partial charge in [0.15, 0.2) is 0 Å². The van der Waals surface area contributed by atoms with Crippen molar-refractivity contribution in [2.75, 3.05) is 38.6 Å². The van der Waals surface area contributed by atoms with Gasteiger partial charge in [-0.3, -0.25) is 9.69 Å². The summed E-state index contributed by atoms with van der Waals surface area (Å²) in [6.07, 6.45) is 0. The predicted octanol–water partition coefficient (Wildman–Crippen LogP) is 2.35. The van der Waals surface area contributed by atoms with Gasteiger partial charge in [-0.05, 0) is 30.2 Å². The first-order chi connectivity index (χ1) is 9.92. The number of nitrogens with zero attached hydrogens (tertiary/aromatic N) is 2. The van der Waals surface area contributed by atoms with Crippen LogP contribution in [0, 0.1) is 5.92 Å². The first kappa shape index (κ1) is 17.5. The van der Waals surface area contributed by atoms with E-state index in [-0.39, 0.29) is 5.91 Å². The highest BCUT2D eigenvalue weighted by Gasteiger charge is 2.10. The van der Waals surface area contributed by atoms with Crippen LogP contribution in [0.25, 0.3) is 0 Å². The van der Waals surface area contributed by atoms with E-state index in [1.54, 1.807) is 0 Å². The monoisotopic (exact) mass is 291 g/mol. The fourth-order valence-corrected chi connectivity index (χ4v) is 2.01. The number of benzene rings is 1. The molecule has 0 saturated carbocycles. The number of nitrogens with one attached hydrogen (secondary N) is 1. The van der Waals surface area contributed by atoms with E-state index in [9.17, 15) is 4.79 Å². The molecule has 0 atom stereocenters. The Morgan fingerprint density at radius 1 is 1.19 bits per heavy atom. The summed E-state index contributed by atoms with van der Waals surface area (Å²) in [6, 6.07) is 8.48. The third kappa shape index (κ3) is 6.63. The lowest BCUT2D eigenvalue weighted by Gasteiger charge is -2.21. The molecule has 0 spiro atoms. The molecule has 1 aromatic carbocycles. The van der Waals surface area contributed by atoms with E-state index < -0.39 is 0 Å². The van der Waals surface area contributed by atoms with Crippen molar-refractivity contribution in [3.63, 3.8) is 0 Å². The number of hydrogen-bond donors (Lipinski definition) is 1. The first-order valence-corrected chi connectivity index (χ1v) is 7.67. The standard InChI is InChI=1S/C17H29N3O/c1-6-20(13-17(21)18-11-14(2)3)12-15-7-9-16(10-8-15)19(4)5/h7-10,14H,6,11-13H2,1-5H3,(H,18,21). The summed E-state index contributed by atoms with van der Waals surface area (Å²) in [7, 11) is 4.07. The Hall–Kier alpha value is -1.55. The van der Waals surface area contributed by atoms with Gasteiger partial charge in [0.25, 0.3) is 0 Å². The Morgan fingerprint density at radius 3 is 2.29 bits per heavy atom. The zero-order valence-corrected chi connectivity index (χ0v) is 14.0. The van der Waals surface area contributed by atoms with Gasteiger partial charge in [0.1, 0.15) is 0 Å². The molecule has 0 radical (unpaired) electrons. The van der Waals surface area contributed by atoms with E-state index in [1.807, 2.05) is 14.1 Å². The summed E-state index contributed by atoms with van der Waals surface area (Å²) >= 11 is 0. The summed E-state index contributed by atoms with van der Waals surface area (Å²) in [4.78, 5) is 16.1. The number of hydrogen-bond acceptors (Lipinski definition) is 3. The van der Waals surface area contributed by atoms with Gasteiger partial charge in [-0.15, -0.1) is 0 Å². The van der Waals surface area contributed by atoms with Gasteiger partial charge in [0.2, 0.25) is 5.91 Å². The third-order valence-electron chi connectivity index (χ3n) is 3.38. The highest BCUT2D eigenvalue weighted by molar-refractivity contribution is 5.78. The molecule has 1 amide bonds. The molecule has 118 valence electrons. The molecule has 0 aromatic heterocycles. The summed E-state index contributed by atoms with van der Waals surface area (Å²) in [5.74, 6) is 0.595. The van der Waals surface area contributed by atoms with E-state index >= 15 is 0 Å². The Balaban J connectivity index is 2.51. The van der Waals surface area contributed by atoms with Crippen LogP contribution in [0.2, 0.25) is 0 Å². The van der Waals surface area contributed by atoms with Crippen molar-refractivity contribution >= 4 is 11.6 Å². The van der Waals surface area contributed by atoms with Gasteiger partial charge in [0, 0.05) is 32.9 Å². The lowest BCUT2D eigenvalue weighted by Crippen LogP contribution is -2.38. The Kier molecular flexibility index (Phi) is 7.23. The van der Waals surface area contributed by atoms with Gasteiger partial charge in [-0.25, -0.2) is 0 Å². The minimum Gasteiger partial charge on any atom is -0.378 e. The van der Waals surface area contributed by atoms with Crippen LogP contribution in [-0.2, 0) is 11.3 Å². The molecule has 0 aliphatic rings. The Bertz CT molecular complexity index is 426. The molecular formula is C17H29N3O. The summed E-state index contributed by atoms with van der Waals surface area (Å²) in [6.45, 7) is 9.16. The quantitative estimate of drug-likeness (QED) is 0.798. The highest BCUT2D eigenvalue weighted by Crippen LogP contribution is 2.13. The van der Waals surface area contributed by atoms with E-state index in [2.05, 4.69) is 60.2 Å². The third-order valence-corrected chi connectivity index (χ3v) is 3.38. The van der Waals surface area contributed by atoms with Crippen molar-refractivity contribution in [2.45, 2.75) is 27.3 Å². The molecule has 0 unspecified atom stereocenters. The second-order valence-corrected chi connectivity index (χ2v) is 6.06. The first-order valence-electron chi connectivity index (χ1n) is 7.67. The van der Waals surface area contributed by atoms with Gasteiger partial charge in [-0.1, -0.05) is 32.9 Å². The van der Waals surface area contributed by atoms with Crippen LogP contribution in [0.3, 0.4) is 0 Å². The predicted molar refractivity (Wildman–Crippen MR) is 89.6 cm³/mol. The van der Waals surface area contributed by atoms with Crippen LogP contribution in [0.5, 0.6) is 0 Å². The summed E-state index contributed by atoms with van der Waals surface area (Å²) < 4.78 is 0. The maximum atomic E-state index is 11.9. The van der Waals surface area contributed by atoms with Crippen molar-refractivity contribution in [3.8, 4) is 0 Å². The smallest absolute Gasteiger partial charge is 0.234 e. The number of carbonyl (C=O) groups excluding carboxylic acids is 1. The molecule has 0 bridgehead atoms. The number of carbonyl (C=O) groups is 1. The van der Waals surface area contributed by atoms with Crippen LogP contribution in [-0.4, -0.2) is 44.5 Å². The van der Waals surface area contributed by atoms with Crippen LogP contribution in [0.4, 0.5) is 5.69 Å². The Morgan fingerprint density at radius 2 is 1.81 bits per heavy atom. The lowest BCUT2D eigenvalue weighted by molar-refractivity contribution is -0.122. The fraction of sp³-hybridized carbons (Fsp3) is 0.588. The van der Waals surface area contributed by atoms with Crippen LogP contribution < -0.4 is 10.2 Å². The second kappa shape index (κ2) is 8.67. The van der Waals surface area contributed by atoms with E-state index in [0.717, 1.165) is 19.6 Å². The number of rotatable bonds is 8. The van der Waals surface area contributed by atoms with Gasteiger partial charge in [-0.2, -0.15) is 0 Å². The molecule has 0 aliphatic carbocycles. The van der Waals surface area contributed by atoms with Crippen molar-refractivity contribution in [2.24, 2.45) is 5.92 Å². The molecule has 4 heteroatoms. The fourth-order valence-electron chi connectivity index (χ4n) is 2.01. The molecule has 4 nitrogen and oxygen atoms in total. The topological polar surface area (TPSA) is 35.6 Å². The zero-order chi connectivity index (χ0) is 15.8. The average molecular weight is 291 g/mol. The van der Waals surface area contributed by atoms with Crippen molar-refractivity contribution in [1.82, 2.24) is 10.2 Å². The van der Waals surface area contributed by atoms with Gasteiger partial charge < -0.3 is 10.2 Å². The second-order valence-electron chi connectivity index (χ2n) is 6.06. The summed E-state index contributed by atoms with van der Waals surface area (Å²) in [5.41, 5.74) is 2.43.